The Balaban J connectivity index is 1.56. The van der Waals surface area contributed by atoms with Crippen molar-refractivity contribution in [3.05, 3.63) is 54.7 Å². The first-order valence-electron chi connectivity index (χ1n) is 8.25. The molecule has 0 spiro atoms. The molecule has 0 saturated heterocycles. The van der Waals surface area contributed by atoms with Crippen LogP contribution in [0, 0.1) is 0 Å². The van der Waals surface area contributed by atoms with Crippen LogP contribution in [0.5, 0.6) is 5.75 Å². The van der Waals surface area contributed by atoms with Crippen molar-refractivity contribution in [2.75, 3.05) is 5.32 Å². The first kappa shape index (κ1) is 15.3. The summed E-state index contributed by atoms with van der Waals surface area (Å²) in [6.45, 7) is 0. The number of phenolic OH excluding ortho intramolecular Hbond substituents is 1. The zero-order chi connectivity index (χ0) is 18.4. The zero-order valence-corrected chi connectivity index (χ0v) is 14.3. The van der Waals surface area contributed by atoms with Gasteiger partial charge in [0, 0.05) is 30.6 Å². The van der Waals surface area contributed by atoms with E-state index in [2.05, 4.69) is 30.7 Å². The molecular weight excluding hydrogens is 344 g/mol. The number of hydrogen-bond donors (Lipinski definition) is 2. The largest absolute Gasteiger partial charge is 0.508 e. The van der Waals surface area contributed by atoms with Crippen LogP contribution in [-0.2, 0) is 7.05 Å². The van der Waals surface area contributed by atoms with Crippen LogP contribution in [0.4, 0.5) is 11.6 Å². The van der Waals surface area contributed by atoms with Crippen LogP contribution >= 0.6 is 0 Å². The minimum absolute atomic E-state index is 0.169. The molecule has 9 heteroatoms. The van der Waals surface area contributed by atoms with Crippen molar-refractivity contribution in [3.63, 3.8) is 0 Å². The Bertz CT molecular complexity index is 1290. The van der Waals surface area contributed by atoms with Crippen LogP contribution in [0.25, 0.3) is 28.1 Å². The lowest BCUT2D eigenvalue weighted by Gasteiger charge is -2.03. The molecule has 0 aliphatic heterocycles. The minimum atomic E-state index is 0.169. The molecule has 0 unspecified atom stereocenters. The van der Waals surface area contributed by atoms with Crippen molar-refractivity contribution in [1.82, 2.24) is 34.6 Å². The van der Waals surface area contributed by atoms with E-state index >= 15 is 0 Å². The number of nitrogens with one attached hydrogen (secondary N) is 1. The van der Waals surface area contributed by atoms with Crippen LogP contribution in [0.2, 0.25) is 0 Å². The highest BCUT2D eigenvalue weighted by molar-refractivity contribution is 5.79. The molecule has 27 heavy (non-hydrogen) atoms. The van der Waals surface area contributed by atoms with Gasteiger partial charge >= 0.3 is 0 Å². The highest BCUT2D eigenvalue weighted by atomic mass is 16.3. The Hall–Kier alpha value is -4.01. The van der Waals surface area contributed by atoms with Crippen molar-refractivity contribution >= 4 is 28.3 Å². The summed E-state index contributed by atoms with van der Waals surface area (Å²) in [5.74, 6) is 1.21. The van der Waals surface area contributed by atoms with E-state index in [1.165, 1.54) is 0 Å². The van der Waals surface area contributed by atoms with Crippen molar-refractivity contribution in [3.8, 4) is 17.1 Å². The molecule has 0 radical (unpaired) electrons. The summed E-state index contributed by atoms with van der Waals surface area (Å²) < 4.78 is 3.35. The van der Waals surface area contributed by atoms with Crippen LogP contribution < -0.4 is 5.32 Å². The molecule has 3 aromatic heterocycles. The molecule has 0 aliphatic rings. The smallest absolute Gasteiger partial charge is 0.247 e. The third-order valence-electron chi connectivity index (χ3n) is 4.22. The lowest BCUT2D eigenvalue weighted by molar-refractivity contribution is 0.475. The quantitative estimate of drug-likeness (QED) is 0.510. The van der Waals surface area contributed by atoms with Gasteiger partial charge in [-0.1, -0.05) is 17.3 Å². The van der Waals surface area contributed by atoms with E-state index in [1.807, 2.05) is 31.3 Å². The van der Waals surface area contributed by atoms with Crippen molar-refractivity contribution < 1.29 is 5.11 Å². The molecule has 9 nitrogen and oxygen atoms in total. The van der Waals surface area contributed by atoms with Gasteiger partial charge in [0.05, 0.1) is 5.52 Å². The number of aryl methyl sites for hydroxylation is 1. The number of rotatable bonds is 3. The number of anilines is 2. The molecule has 3 heterocycles. The monoisotopic (exact) mass is 358 g/mol. The molecular formula is C18H14N8O. The van der Waals surface area contributed by atoms with Gasteiger partial charge in [0.15, 0.2) is 11.5 Å². The summed E-state index contributed by atoms with van der Waals surface area (Å²) in [5, 5.41) is 25.5. The standard InChI is InChI=1S/C18H14N8O/c1-25-15-10-12(5-6-14(15)22-24-25)20-18-21-16-7-8-19-17(26(16)23-18)11-3-2-4-13(27)9-11/h2-10,27H,1H3,(H,20,23). The molecule has 0 amide bonds. The Morgan fingerprint density at radius 2 is 2.00 bits per heavy atom. The van der Waals surface area contributed by atoms with Gasteiger partial charge < -0.3 is 10.4 Å². The number of aromatic hydroxyl groups is 1. The number of hydrogen-bond acceptors (Lipinski definition) is 7. The second-order valence-electron chi connectivity index (χ2n) is 6.07. The fraction of sp³-hybridized carbons (Fsp3) is 0.0556. The van der Waals surface area contributed by atoms with Crippen molar-refractivity contribution in [2.24, 2.45) is 7.05 Å². The number of nitrogens with zero attached hydrogens (tertiary/aromatic N) is 7. The van der Waals surface area contributed by atoms with Crippen molar-refractivity contribution in [2.45, 2.75) is 0 Å². The number of phenols is 1. The summed E-state index contributed by atoms with van der Waals surface area (Å²) in [4.78, 5) is 8.89. The zero-order valence-electron chi connectivity index (χ0n) is 14.3. The highest BCUT2D eigenvalue weighted by Gasteiger charge is 2.11. The average molecular weight is 358 g/mol. The maximum atomic E-state index is 9.74. The summed E-state index contributed by atoms with van der Waals surface area (Å²) in [6.07, 6.45) is 1.67. The van der Waals surface area contributed by atoms with E-state index in [-0.39, 0.29) is 5.75 Å². The summed E-state index contributed by atoms with van der Waals surface area (Å²) in [7, 11) is 1.84. The van der Waals surface area contributed by atoms with Crippen LogP contribution in [0.1, 0.15) is 0 Å². The number of fused-ring (bicyclic) bond motifs is 2. The van der Waals surface area contributed by atoms with Gasteiger partial charge in [-0.2, -0.15) is 9.50 Å². The van der Waals surface area contributed by atoms with E-state index in [1.54, 1.807) is 39.7 Å². The molecule has 5 aromatic rings. The Morgan fingerprint density at radius 3 is 2.89 bits per heavy atom. The van der Waals surface area contributed by atoms with Gasteiger partial charge in [-0.15, -0.1) is 10.2 Å². The third kappa shape index (κ3) is 2.61. The van der Waals surface area contributed by atoms with E-state index < -0.39 is 0 Å². The first-order chi connectivity index (χ1) is 13.2. The second kappa shape index (κ2) is 5.77. The maximum Gasteiger partial charge on any atom is 0.247 e. The van der Waals surface area contributed by atoms with Gasteiger partial charge in [0.25, 0.3) is 0 Å². The fourth-order valence-corrected chi connectivity index (χ4v) is 2.95. The molecule has 132 valence electrons. The van der Waals surface area contributed by atoms with Crippen LogP contribution in [-0.4, -0.2) is 39.7 Å². The SMILES string of the molecule is Cn1nnc2ccc(Nc3nc4ccnc(-c5cccc(O)c5)n4n3)cc21. The number of aromatic nitrogens is 7. The summed E-state index contributed by atoms with van der Waals surface area (Å²) in [6, 6.07) is 14.4. The van der Waals surface area contributed by atoms with E-state index in [9.17, 15) is 5.11 Å². The molecule has 0 bridgehead atoms. The predicted molar refractivity (Wildman–Crippen MR) is 99.7 cm³/mol. The molecule has 0 saturated carbocycles. The fourth-order valence-electron chi connectivity index (χ4n) is 2.95. The first-order valence-corrected chi connectivity index (χ1v) is 8.25. The van der Waals surface area contributed by atoms with Gasteiger partial charge in [0.2, 0.25) is 5.95 Å². The Kier molecular flexibility index (Phi) is 3.26. The van der Waals surface area contributed by atoms with Gasteiger partial charge in [0.1, 0.15) is 11.3 Å². The molecule has 0 atom stereocenters. The Labute approximate surface area is 152 Å². The highest BCUT2D eigenvalue weighted by Crippen LogP contribution is 2.23. The second-order valence-corrected chi connectivity index (χ2v) is 6.07. The van der Waals surface area contributed by atoms with Crippen LogP contribution in [0.15, 0.2) is 54.7 Å². The summed E-state index contributed by atoms with van der Waals surface area (Å²) in [5.41, 5.74) is 3.96. The minimum Gasteiger partial charge on any atom is -0.508 e. The predicted octanol–water partition coefficient (Wildman–Crippen LogP) is 2.52. The van der Waals surface area contributed by atoms with Gasteiger partial charge in [-0.05, 0) is 30.3 Å². The van der Waals surface area contributed by atoms with E-state index in [0.29, 0.717) is 17.4 Å². The van der Waals surface area contributed by atoms with E-state index in [4.69, 9.17) is 0 Å². The van der Waals surface area contributed by atoms with Crippen LogP contribution in [0.3, 0.4) is 0 Å². The summed E-state index contributed by atoms with van der Waals surface area (Å²) >= 11 is 0. The Morgan fingerprint density at radius 1 is 1.07 bits per heavy atom. The lowest BCUT2D eigenvalue weighted by Crippen LogP contribution is -1.98. The molecule has 5 rings (SSSR count). The maximum absolute atomic E-state index is 9.74. The average Bonchev–Trinajstić information content (AvgIpc) is 3.24. The normalized spacial score (nSPS) is 11.3. The van der Waals surface area contributed by atoms with Crippen molar-refractivity contribution in [1.29, 1.82) is 0 Å². The molecule has 2 N–H and O–H groups in total. The molecule has 0 fully saturated rings. The number of benzene rings is 2. The van der Waals surface area contributed by atoms with E-state index in [0.717, 1.165) is 22.3 Å². The van der Waals surface area contributed by atoms with Gasteiger partial charge in [-0.25, -0.2) is 9.67 Å². The molecule has 2 aromatic carbocycles. The third-order valence-corrected chi connectivity index (χ3v) is 4.22. The topological polar surface area (TPSA) is 106 Å². The lowest BCUT2D eigenvalue weighted by atomic mass is 10.2. The molecule has 0 aliphatic carbocycles. The van der Waals surface area contributed by atoms with Gasteiger partial charge in [-0.3, -0.25) is 0 Å².